The van der Waals surface area contributed by atoms with Gasteiger partial charge in [0.25, 0.3) is 0 Å². The fourth-order valence-corrected chi connectivity index (χ4v) is 3.72. The highest BCUT2D eigenvalue weighted by molar-refractivity contribution is 7.99. The van der Waals surface area contributed by atoms with E-state index in [1.807, 2.05) is 38.6 Å². The molecule has 3 rings (SSSR count). The molecule has 0 bridgehead atoms. The van der Waals surface area contributed by atoms with E-state index < -0.39 is 0 Å². The third kappa shape index (κ3) is 2.62. The lowest BCUT2D eigenvalue weighted by Gasteiger charge is -2.13. The van der Waals surface area contributed by atoms with Crippen LogP contribution in [0.3, 0.4) is 0 Å². The molecule has 0 spiro atoms. The fourth-order valence-electron chi connectivity index (χ4n) is 2.81. The van der Waals surface area contributed by atoms with E-state index in [0.29, 0.717) is 5.75 Å². The SMILES string of the molecule is Cc1c(C)c2c(c(C)c1O)CC(CSc1ccccc1)O2. The molecule has 0 radical (unpaired) electrons. The maximum Gasteiger partial charge on any atom is 0.126 e. The molecule has 110 valence electrons. The molecule has 0 saturated heterocycles. The summed E-state index contributed by atoms with van der Waals surface area (Å²) in [6.07, 6.45) is 1.07. The first-order chi connectivity index (χ1) is 10.1. The molecule has 1 atom stereocenters. The molecule has 1 aliphatic heterocycles. The van der Waals surface area contributed by atoms with Crippen molar-refractivity contribution in [1.82, 2.24) is 0 Å². The van der Waals surface area contributed by atoms with E-state index in [0.717, 1.165) is 34.6 Å². The Morgan fingerprint density at radius 2 is 1.81 bits per heavy atom. The number of benzene rings is 2. The normalized spacial score (nSPS) is 16.6. The van der Waals surface area contributed by atoms with E-state index in [9.17, 15) is 5.11 Å². The zero-order valence-corrected chi connectivity index (χ0v) is 13.5. The summed E-state index contributed by atoms with van der Waals surface area (Å²) in [5.41, 5.74) is 4.15. The van der Waals surface area contributed by atoms with Gasteiger partial charge in [0, 0.05) is 22.6 Å². The van der Waals surface area contributed by atoms with Gasteiger partial charge in [-0.1, -0.05) is 18.2 Å². The second kappa shape index (κ2) is 5.64. The molecule has 2 aromatic carbocycles. The monoisotopic (exact) mass is 300 g/mol. The summed E-state index contributed by atoms with van der Waals surface area (Å²) in [5, 5.41) is 10.2. The molecule has 3 heteroatoms. The average Bonchev–Trinajstić information content (AvgIpc) is 2.94. The van der Waals surface area contributed by atoms with E-state index in [1.165, 1.54) is 10.5 Å². The Kier molecular flexibility index (Phi) is 3.85. The van der Waals surface area contributed by atoms with Crippen molar-refractivity contribution >= 4 is 11.8 Å². The molecule has 1 N–H and O–H groups in total. The van der Waals surface area contributed by atoms with E-state index >= 15 is 0 Å². The summed E-state index contributed by atoms with van der Waals surface area (Å²) in [7, 11) is 0. The number of ether oxygens (including phenoxy) is 1. The Morgan fingerprint density at radius 3 is 2.52 bits per heavy atom. The number of phenols is 1. The van der Waals surface area contributed by atoms with Gasteiger partial charge in [0.1, 0.15) is 17.6 Å². The first-order valence-electron chi connectivity index (χ1n) is 7.24. The van der Waals surface area contributed by atoms with Crippen LogP contribution in [0.2, 0.25) is 0 Å². The zero-order valence-electron chi connectivity index (χ0n) is 12.6. The van der Waals surface area contributed by atoms with E-state index in [4.69, 9.17) is 4.74 Å². The molecule has 0 saturated carbocycles. The van der Waals surface area contributed by atoms with Crippen molar-refractivity contribution < 1.29 is 9.84 Å². The number of hydrogen-bond donors (Lipinski definition) is 1. The van der Waals surface area contributed by atoms with Gasteiger partial charge < -0.3 is 9.84 Å². The van der Waals surface area contributed by atoms with Crippen LogP contribution in [0.15, 0.2) is 35.2 Å². The lowest BCUT2D eigenvalue weighted by molar-refractivity contribution is 0.257. The Labute approximate surface area is 130 Å². The Morgan fingerprint density at radius 1 is 1.10 bits per heavy atom. The van der Waals surface area contributed by atoms with Gasteiger partial charge in [0.15, 0.2) is 0 Å². The van der Waals surface area contributed by atoms with Gasteiger partial charge in [-0.05, 0) is 49.6 Å². The molecule has 2 nitrogen and oxygen atoms in total. The molecule has 21 heavy (non-hydrogen) atoms. The topological polar surface area (TPSA) is 29.5 Å². The number of hydrogen-bond acceptors (Lipinski definition) is 3. The Bertz CT molecular complexity index is 628. The van der Waals surface area contributed by atoms with Crippen molar-refractivity contribution in [3.63, 3.8) is 0 Å². The zero-order chi connectivity index (χ0) is 15.0. The van der Waals surface area contributed by atoms with Crippen LogP contribution < -0.4 is 4.74 Å². The molecular formula is C18H20O2S. The summed E-state index contributed by atoms with van der Waals surface area (Å²) in [6, 6.07) is 10.4. The second-order valence-electron chi connectivity index (χ2n) is 5.60. The van der Waals surface area contributed by atoms with E-state index in [1.54, 1.807) is 0 Å². The van der Waals surface area contributed by atoms with Gasteiger partial charge >= 0.3 is 0 Å². The Hall–Kier alpha value is -1.61. The van der Waals surface area contributed by atoms with Crippen LogP contribution >= 0.6 is 11.8 Å². The molecule has 1 heterocycles. The van der Waals surface area contributed by atoms with Crippen LogP contribution in [0.25, 0.3) is 0 Å². The minimum atomic E-state index is 0.184. The summed E-state index contributed by atoms with van der Waals surface area (Å²) < 4.78 is 6.14. The minimum Gasteiger partial charge on any atom is -0.507 e. The number of rotatable bonds is 3. The molecule has 0 aromatic heterocycles. The van der Waals surface area contributed by atoms with Crippen molar-refractivity contribution in [3.05, 3.63) is 52.6 Å². The highest BCUT2D eigenvalue weighted by Gasteiger charge is 2.29. The number of thioether (sulfide) groups is 1. The molecular weight excluding hydrogens is 280 g/mol. The molecule has 0 aliphatic carbocycles. The van der Waals surface area contributed by atoms with Crippen molar-refractivity contribution in [2.75, 3.05) is 5.75 Å². The summed E-state index contributed by atoms with van der Waals surface area (Å²) in [6.45, 7) is 5.96. The average molecular weight is 300 g/mol. The van der Waals surface area contributed by atoms with Crippen LogP contribution in [0.1, 0.15) is 22.3 Å². The highest BCUT2D eigenvalue weighted by atomic mass is 32.2. The standard InChI is InChI=1S/C18H20O2S/c1-11-12(2)18-16(13(3)17(11)19)9-14(20-18)10-21-15-7-5-4-6-8-15/h4-8,14,19H,9-10H2,1-3H3. The number of aromatic hydroxyl groups is 1. The fraction of sp³-hybridized carbons (Fsp3) is 0.333. The van der Waals surface area contributed by atoms with Crippen LogP contribution in [0, 0.1) is 20.8 Å². The number of phenolic OH excluding ortho intramolecular Hbond substituents is 1. The van der Waals surface area contributed by atoms with Gasteiger partial charge in [-0.3, -0.25) is 0 Å². The maximum absolute atomic E-state index is 10.2. The van der Waals surface area contributed by atoms with Gasteiger partial charge in [0.2, 0.25) is 0 Å². The van der Waals surface area contributed by atoms with Gasteiger partial charge in [-0.2, -0.15) is 0 Å². The van der Waals surface area contributed by atoms with Crippen LogP contribution in [-0.4, -0.2) is 17.0 Å². The maximum atomic E-state index is 10.2. The first-order valence-corrected chi connectivity index (χ1v) is 8.22. The molecule has 0 amide bonds. The third-order valence-corrected chi connectivity index (χ3v) is 5.38. The van der Waals surface area contributed by atoms with E-state index in [-0.39, 0.29) is 6.10 Å². The molecule has 0 fully saturated rings. The molecule has 1 unspecified atom stereocenters. The molecule has 1 aliphatic rings. The summed E-state index contributed by atoms with van der Waals surface area (Å²) in [4.78, 5) is 1.27. The van der Waals surface area contributed by atoms with Crippen molar-refractivity contribution in [1.29, 1.82) is 0 Å². The Balaban J connectivity index is 1.76. The minimum absolute atomic E-state index is 0.184. The lowest BCUT2D eigenvalue weighted by atomic mass is 9.96. The van der Waals surface area contributed by atoms with Crippen LogP contribution in [0.5, 0.6) is 11.5 Å². The highest BCUT2D eigenvalue weighted by Crippen LogP contribution is 2.42. The van der Waals surface area contributed by atoms with Crippen molar-refractivity contribution in [2.45, 2.75) is 38.2 Å². The van der Waals surface area contributed by atoms with Crippen molar-refractivity contribution in [3.8, 4) is 11.5 Å². The third-order valence-electron chi connectivity index (χ3n) is 4.24. The van der Waals surface area contributed by atoms with Crippen LogP contribution in [0.4, 0.5) is 0 Å². The predicted molar refractivity (Wildman–Crippen MR) is 87.6 cm³/mol. The van der Waals surface area contributed by atoms with Crippen molar-refractivity contribution in [2.24, 2.45) is 0 Å². The summed E-state index contributed by atoms with van der Waals surface area (Å²) >= 11 is 1.82. The quantitative estimate of drug-likeness (QED) is 0.851. The van der Waals surface area contributed by atoms with Crippen LogP contribution in [-0.2, 0) is 6.42 Å². The second-order valence-corrected chi connectivity index (χ2v) is 6.69. The van der Waals surface area contributed by atoms with Gasteiger partial charge in [-0.15, -0.1) is 11.8 Å². The summed E-state index contributed by atoms with van der Waals surface area (Å²) in [5.74, 6) is 2.34. The number of fused-ring (bicyclic) bond motifs is 1. The van der Waals surface area contributed by atoms with E-state index in [2.05, 4.69) is 24.3 Å². The smallest absolute Gasteiger partial charge is 0.126 e. The lowest BCUT2D eigenvalue weighted by Crippen LogP contribution is -2.16. The van der Waals surface area contributed by atoms with Gasteiger partial charge in [0.05, 0.1) is 0 Å². The first kappa shape index (κ1) is 14.3. The predicted octanol–water partition coefficient (Wildman–Crippen LogP) is 4.41. The molecule has 2 aromatic rings. The van der Waals surface area contributed by atoms with Gasteiger partial charge in [-0.25, -0.2) is 0 Å². The largest absolute Gasteiger partial charge is 0.507 e.